The van der Waals surface area contributed by atoms with Crippen LogP contribution in [0, 0.1) is 31.6 Å². The summed E-state index contributed by atoms with van der Waals surface area (Å²) in [7, 11) is 0. The number of nitrogens with zero attached hydrogens (tertiary/aromatic N) is 1. The van der Waals surface area contributed by atoms with Crippen molar-refractivity contribution in [3.8, 4) is 5.75 Å². The van der Waals surface area contributed by atoms with Crippen LogP contribution in [0.15, 0.2) is 18.2 Å². The third-order valence-corrected chi connectivity index (χ3v) is 7.15. The second kappa shape index (κ2) is 9.04. The first-order chi connectivity index (χ1) is 13.0. The number of ether oxygens (including phenoxy) is 1. The minimum atomic E-state index is 0. The fourth-order valence-electron chi connectivity index (χ4n) is 5.46. The molecule has 2 unspecified atom stereocenters. The number of benzene rings is 1. The van der Waals surface area contributed by atoms with Crippen molar-refractivity contribution in [1.29, 1.82) is 0 Å². The van der Waals surface area contributed by atoms with Gasteiger partial charge in [0.1, 0.15) is 11.9 Å². The Balaban J connectivity index is 0.00000225. The van der Waals surface area contributed by atoms with Crippen molar-refractivity contribution in [2.24, 2.45) is 23.5 Å². The highest BCUT2D eigenvalue weighted by atomic mass is 35.5. The van der Waals surface area contributed by atoms with Crippen molar-refractivity contribution in [2.75, 3.05) is 13.1 Å². The molecule has 1 heterocycles. The SMILES string of the molecule is Cc1ccc(C)c(OC2CCN(C(=O)C3CC4CCCC(C3)C4N)CC2)c1.Cl. The molecule has 2 aliphatic carbocycles. The molecule has 0 aromatic heterocycles. The van der Waals surface area contributed by atoms with Gasteiger partial charge in [-0.05, 0) is 68.6 Å². The average Bonchev–Trinajstić information content (AvgIpc) is 2.65. The largest absolute Gasteiger partial charge is 0.490 e. The van der Waals surface area contributed by atoms with E-state index in [4.69, 9.17) is 10.5 Å². The number of carbonyl (C=O) groups excluding carboxylic acids is 1. The third-order valence-electron chi connectivity index (χ3n) is 7.15. The lowest BCUT2D eigenvalue weighted by atomic mass is 9.65. The molecule has 3 aliphatic rings. The summed E-state index contributed by atoms with van der Waals surface area (Å²) in [4.78, 5) is 15.2. The summed E-state index contributed by atoms with van der Waals surface area (Å²) in [6.07, 6.45) is 7.82. The number of rotatable bonds is 3. The van der Waals surface area contributed by atoms with Gasteiger partial charge in [-0.3, -0.25) is 4.79 Å². The Hall–Kier alpha value is -1.26. The highest BCUT2D eigenvalue weighted by Crippen LogP contribution is 2.42. The first-order valence-electron chi connectivity index (χ1n) is 10.8. The first-order valence-corrected chi connectivity index (χ1v) is 10.8. The van der Waals surface area contributed by atoms with E-state index in [2.05, 4.69) is 36.9 Å². The Morgan fingerprint density at radius 1 is 1.07 bits per heavy atom. The van der Waals surface area contributed by atoms with Crippen LogP contribution in [0.25, 0.3) is 0 Å². The van der Waals surface area contributed by atoms with Crippen molar-refractivity contribution < 1.29 is 9.53 Å². The van der Waals surface area contributed by atoms with Crippen LogP contribution in [-0.2, 0) is 4.79 Å². The summed E-state index contributed by atoms with van der Waals surface area (Å²) in [5, 5.41) is 0. The summed E-state index contributed by atoms with van der Waals surface area (Å²) in [5.74, 6) is 2.71. The number of carbonyl (C=O) groups is 1. The Morgan fingerprint density at radius 3 is 2.36 bits per heavy atom. The predicted molar refractivity (Wildman–Crippen MR) is 115 cm³/mol. The van der Waals surface area contributed by atoms with E-state index in [0.29, 0.717) is 23.8 Å². The van der Waals surface area contributed by atoms with Gasteiger partial charge in [-0.2, -0.15) is 0 Å². The van der Waals surface area contributed by atoms with E-state index >= 15 is 0 Å². The summed E-state index contributed by atoms with van der Waals surface area (Å²) in [6, 6.07) is 6.69. The molecule has 0 radical (unpaired) electrons. The number of hydrogen-bond donors (Lipinski definition) is 1. The molecule has 2 N–H and O–H groups in total. The number of amides is 1. The van der Waals surface area contributed by atoms with Gasteiger partial charge in [-0.25, -0.2) is 0 Å². The molecule has 4 rings (SSSR count). The van der Waals surface area contributed by atoms with Gasteiger partial charge < -0.3 is 15.4 Å². The number of likely N-dealkylation sites (tertiary alicyclic amines) is 1. The topological polar surface area (TPSA) is 55.6 Å². The first kappa shape index (κ1) is 21.4. The molecule has 2 bridgehead atoms. The molecular formula is C23H35ClN2O2. The van der Waals surface area contributed by atoms with Gasteiger partial charge in [-0.1, -0.05) is 18.6 Å². The van der Waals surface area contributed by atoms with Crippen LogP contribution in [0.3, 0.4) is 0 Å². The molecule has 1 amide bonds. The van der Waals surface area contributed by atoms with Gasteiger partial charge in [0.25, 0.3) is 0 Å². The molecule has 0 spiro atoms. The molecule has 1 aromatic rings. The molecule has 28 heavy (non-hydrogen) atoms. The van der Waals surface area contributed by atoms with Crippen molar-refractivity contribution in [3.63, 3.8) is 0 Å². The van der Waals surface area contributed by atoms with Crippen LogP contribution in [0.1, 0.15) is 56.1 Å². The van der Waals surface area contributed by atoms with Crippen LogP contribution in [0.5, 0.6) is 5.75 Å². The molecule has 2 atom stereocenters. The number of fused-ring (bicyclic) bond motifs is 2. The summed E-state index contributed by atoms with van der Waals surface area (Å²) in [6.45, 7) is 5.84. The zero-order valence-corrected chi connectivity index (χ0v) is 18.0. The van der Waals surface area contributed by atoms with Crippen LogP contribution in [-0.4, -0.2) is 36.0 Å². The Bertz CT molecular complexity index is 673. The molecule has 1 saturated heterocycles. The van der Waals surface area contributed by atoms with Crippen LogP contribution < -0.4 is 10.5 Å². The van der Waals surface area contributed by atoms with Gasteiger partial charge in [-0.15, -0.1) is 12.4 Å². The molecule has 2 saturated carbocycles. The maximum absolute atomic E-state index is 13.1. The zero-order valence-electron chi connectivity index (χ0n) is 17.2. The van der Waals surface area contributed by atoms with Gasteiger partial charge in [0.15, 0.2) is 0 Å². The summed E-state index contributed by atoms with van der Waals surface area (Å²) < 4.78 is 6.26. The van der Waals surface area contributed by atoms with E-state index in [1.807, 2.05) is 0 Å². The normalized spacial score (nSPS) is 30.5. The lowest BCUT2D eigenvalue weighted by Gasteiger charge is -2.45. The molecular weight excluding hydrogens is 372 g/mol. The maximum atomic E-state index is 13.1. The number of nitrogens with two attached hydrogens (primary N) is 1. The molecule has 4 nitrogen and oxygen atoms in total. The van der Waals surface area contributed by atoms with Crippen LogP contribution >= 0.6 is 12.4 Å². The standard InChI is InChI=1S/C23H34N2O2.ClH/c1-15-6-7-16(2)21(12-15)27-20-8-10-25(11-9-20)23(26)19-13-17-4-3-5-18(14-19)22(17)24;/h6-7,12,17-20,22H,3-5,8-11,13-14,24H2,1-2H3;1H. The van der Waals surface area contributed by atoms with E-state index < -0.39 is 0 Å². The minimum absolute atomic E-state index is 0. The number of hydrogen-bond acceptors (Lipinski definition) is 3. The van der Waals surface area contributed by atoms with Gasteiger partial charge >= 0.3 is 0 Å². The second-order valence-electron chi connectivity index (χ2n) is 9.11. The lowest BCUT2D eigenvalue weighted by molar-refractivity contribution is -0.140. The van der Waals surface area contributed by atoms with Gasteiger partial charge in [0, 0.05) is 37.9 Å². The fourth-order valence-corrected chi connectivity index (χ4v) is 5.46. The molecule has 5 heteroatoms. The number of halogens is 1. The van der Waals surface area contributed by atoms with Gasteiger partial charge in [0.05, 0.1) is 0 Å². The molecule has 1 aromatic carbocycles. The highest BCUT2D eigenvalue weighted by Gasteiger charge is 2.42. The molecule has 156 valence electrons. The van der Waals surface area contributed by atoms with Gasteiger partial charge in [0.2, 0.25) is 5.91 Å². The van der Waals surface area contributed by atoms with Crippen LogP contribution in [0.2, 0.25) is 0 Å². The van der Waals surface area contributed by atoms with E-state index in [1.54, 1.807) is 0 Å². The van der Waals surface area contributed by atoms with E-state index in [9.17, 15) is 4.79 Å². The quantitative estimate of drug-likeness (QED) is 0.816. The summed E-state index contributed by atoms with van der Waals surface area (Å²) in [5.41, 5.74) is 8.81. The Labute approximate surface area is 175 Å². The number of aryl methyl sites for hydroxylation is 2. The smallest absolute Gasteiger partial charge is 0.225 e. The van der Waals surface area contributed by atoms with E-state index in [0.717, 1.165) is 44.5 Å². The highest BCUT2D eigenvalue weighted by molar-refractivity contribution is 5.85. The van der Waals surface area contributed by atoms with Crippen LogP contribution in [0.4, 0.5) is 0 Å². The van der Waals surface area contributed by atoms with Crippen molar-refractivity contribution >= 4 is 18.3 Å². The lowest BCUT2D eigenvalue weighted by Crippen LogP contribution is -2.51. The molecule has 3 fully saturated rings. The predicted octanol–water partition coefficient (Wildman–Crippen LogP) is 4.25. The maximum Gasteiger partial charge on any atom is 0.225 e. The number of piperidine rings is 1. The van der Waals surface area contributed by atoms with Crippen molar-refractivity contribution in [2.45, 2.75) is 70.9 Å². The zero-order chi connectivity index (χ0) is 19.0. The van der Waals surface area contributed by atoms with E-state index in [1.165, 1.54) is 30.4 Å². The average molecular weight is 407 g/mol. The minimum Gasteiger partial charge on any atom is -0.490 e. The molecule has 1 aliphatic heterocycles. The van der Waals surface area contributed by atoms with Crippen molar-refractivity contribution in [1.82, 2.24) is 4.90 Å². The fraction of sp³-hybridized carbons (Fsp3) is 0.696. The second-order valence-corrected chi connectivity index (χ2v) is 9.11. The summed E-state index contributed by atoms with van der Waals surface area (Å²) >= 11 is 0. The Kier molecular flexibility index (Phi) is 6.93. The monoisotopic (exact) mass is 406 g/mol. The Morgan fingerprint density at radius 2 is 1.71 bits per heavy atom. The van der Waals surface area contributed by atoms with E-state index in [-0.39, 0.29) is 24.4 Å². The third kappa shape index (κ3) is 4.49. The van der Waals surface area contributed by atoms with Crippen molar-refractivity contribution in [3.05, 3.63) is 29.3 Å².